The van der Waals surface area contributed by atoms with E-state index in [-0.39, 0.29) is 0 Å². The van der Waals surface area contributed by atoms with Gasteiger partial charge in [0.2, 0.25) is 0 Å². The Morgan fingerprint density at radius 2 is 2.05 bits per heavy atom. The minimum absolute atomic E-state index is 0.680. The molecule has 0 radical (unpaired) electrons. The summed E-state index contributed by atoms with van der Waals surface area (Å²) in [4.78, 5) is 0. The van der Waals surface area contributed by atoms with Crippen LogP contribution in [-0.4, -0.2) is 14.8 Å². The van der Waals surface area contributed by atoms with E-state index in [4.69, 9.17) is 12.2 Å². The molecule has 0 aliphatic heterocycles. The van der Waals surface area contributed by atoms with Gasteiger partial charge in [0.1, 0.15) is 0 Å². The van der Waals surface area contributed by atoms with Crippen molar-refractivity contribution in [3.63, 3.8) is 0 Å². The SMILES string of the molecule is CCCCn1c(CNc2ccc(C)cc2)n[nH]c1=S. The van der Waals surface area contributed by atoms with Crippen LogP contribution in [0.15, 0.2) is 24.3 Å². The molecule has 5 heteroatoms. The van der Waals surface area contributed by atoms with Crippen molar-refractivity contribution in [3.05, 3.63) is 40.4 Å². The molecule has 2 rings (SSSR count). The number of hydrogen-bond donors (Lipinski definition) is 2. The smallest absolute Gasteiger partial charge is 0.195 e. The van der Waals surface area contributed by atoms with Crippen molar-refractivity contribution < 1.29 is 0 Å². The summed E-state index contributed by atoms with van der Waals surface area (Å²) < 4.78 is 2.77. The third kappa shape index (κ3) is 3.67. The molecule has 0 unspecified atom stereocenters. The molecule has 19 heavy (non-hydrogen) atoms. The van der Waals surface area contributed by atoms with Gasteiger partial charge in [-0.1, -0.05) is 31.0 Å². The first kappa shape index (κ1) is 13.8. The fourth-order valence-corrected chi connectivity index (χ4v) is 2.13. The summed E-state index contributed by atoms with van der Waals surface area (Å²) >= 11 is 5.25. The van der Waals surface area contributed by atoms with Crippen LogP contribution in [0.5, 0.6) is 0 Å². The molecule has 102 valence electrons. The number of hydrogen-bond acceptors (Lipinski definition) is 3. The van der Waals surface area contributed by atoms with Gasteiger partial charge in [-0.3, -0.25) is 5.10 Å². The van der Waals surface area contributed by atoms with E-state index in [9.17, 15) is 0 Å². The molecule has 2 N–H and O–H groups in total. The summed E-state index contributed by atoms with van der Waals surface area (Å²) in [5.41, 5.74) is 2.36. The van der Waals surface area contributed by atoms with Crippen LogP contribution < -0.4 is 5.32 Å². The Morgan fingerprint density at radius 3 is 2.74 bits per heavy atom. The Morgan fingerprint density at radius 1 is 1.32 bits per heavy atom. The van der Waals surface area contributed by atoms with E-state index in [1.54, 1.807) is 0 Å². The van der Waals surface area contributed by atoms with Gasteiger partial charge in [0, 0.05) is 12.2 Å². The summed E-state index contributed by atoms with van der Waals surface area (Å²) in [6.07, 6.45) is 2.27. The number of aryl methyl sites for hydroxylation is 1. The highest BCUT2D eigenvalue weighted by molar-refractivity contribution is 7.71. The van der Waals surface area contributed by atoms with Crippen LogP contribution >= 0.6 is 12.2 Å². The topological polar surface area (TPSA) is 45.6 Å². The average molecular weight is 276 g/mol. The molecule has 0 saturated carbocycles. The van der Waals surface area contributed by atoms with Crippen LogP contribution in [0.2, 0.25) is 0 Å². The van der Waals surface area contributed by atoms with Crippen LogP contribution in [0, 0.1) is 11.7 Å². The van der Waals surface area contributed by atoms with Gasteiger partial charge in [0.25, 0.3) is 0 Å². The Hall–Kier alpha value is -1.62. The van der Waals surface area contributed by atoms with Crippen molar-refractivity contribution >= 4 is 17.9 Å². The van der Waals surface area contributed by atoms with Gasteiger partial charge < -0.3 is 9.88 Å². The molecule has 0 atom stereocenters. The average Bonchev–Trinajstić information content (AvgIpc) is 2.76. The highest BCUT2D eigenvalue weighted by atomic mass is 32.1. The number of nitrogens with one attached hydrogen (secondary N) is 2. The molecule has 4 nitrogen and oxygen atoms in total. The normalized spacial score (nSPS) is 10.6. The summed E-state index contributed by atoms with van der Waals surface area (Å²) in [6, 6.07) is 8.34. The maximum absolute atomic E-state index is 5.25. The second-order valence-corrected chi connectivity index (χ2v) is 5.06. The number of anilines is 1. The number of aromatic amines is 1. The number of nitrogens with zero attached hydrogens (tertiary/aromatic N) is 2. The van der Waals surface area contributed by atoms with Gasteiger partial charge in [0.15, 0.2) is 10.6 Å². The van der Waals surface area contributed by atoms with Crippen LogP contribution in [0.25, 0.3) is 0 Å². The first-order valence-corrected chi connectivity index (χ1v) is 7.06. The van der Waals surface area contributed by atoms with Crippen molar-refractivity contribution in [1.82, 2.24) is 14.8 Å². The highest BCUT2D eigenvalue weighted by Gasteiger charge is 2.05. The molecule has 0 aliphatic rings. The summed E-state index contributed by atoms with van der Waals surface area (Å²) in [6.45, 7) is 5.87. The quantitative estimate of drug-likeness (QED) is 0.791. The molecule has 0 amide bonds. The zero-order valence-electron chi connectivity index (χ0n) is 11.4. The summed E-state index contributed by atoms with van der Waals surface area (Å²) in [5, 5.41) is 10.5. The molecular weight excluding hydrogens is 256 g/mol. The molecule has 0 bridgehead atoms. The van der Waals surface area contributed by atoms with Gasteiger partial charge in [-0.05, 0) is 37.7 Å². The lowest BCUT2D eigenvalue weighted by Crippen LogP contribution is -2.09. The van der Waals surface area contributed by atoms with Crippen LogP contribution in [-0.2, 0) is 13.1 Å². The van der Waals surface area contributed by atoms with Gasteiger partial charge >= 0.3 is 0 Å². The van der Waals surface area contributed by atoms with Gasteiger partial charge in [-0.2, -0.15) is 5.10 Å². The predicted molar refractivity (Wildman–Crippen MR) is 80.8 cm³/mol. The highest BCUT2D eigenvalue weighted by Crippen LogP contribution is 2.10. The molecule has 1 aromatic heterocycles. The second-order valence-electron chi connectivity index (χ2n) is 4.67. The van der Waals surface area contributed by atoms with Crippen molar-refractivity contribution in [1.29, 1.82) is 0 Å². The minimum Gasteiger partial charge on any atom is -0.378 e. The van der Waals surface area contributed by atoms with Gasteiger partial charge in [-0.25, -0.2) is 0 Å². The lowest BCUT2D eigenvalue weighted by Gasteiger charge is -2.08. The zero-order chi connectivity index (χ0) is 13.7. The van der Waals surface area contributed by atoms with Crippen molar-refractivity contribution in [2.24, 2.45) is 0 Å². The number of aromatic nitrogens is 3. The number of H-pyrrole nitrogens is 1. The van der Waals surface area contributed by atoms with Crippen LogP contribution in [0.4, 0.5) is 5.69 Å². The maximum Gasteiger partial charge on any atom is 0.195 e. The van der Waals surface area contributed by atoms with E-state index < -0.39 is 0 Å². The Balaban J connectivity index is 2.03. The van der Waals surface area contributed by atoms with Crippen molar-refractivity contribution in [2.75, 3.05) is 5.32 Å². The first-order chi connectivity index (χ1) is 9.20. The van der Waals surface area contributed by atoms with E-state index >= 15 is 0 Å². The molecule has 0 saturated heterocycles. The van der Waals surface area contributed by atoms with Crippen molar-refractivity contribution in [3.8, 4) is 0 Å². The van der Waals surface area contributed by atoms with E-state index in [0.29, 0.717) is 11.3 Å². The van der Waals surface area contributed by atoms with Crippen LogP contribution in [0.3, 0.4) is 0 Å². The van der Waals surface area contributed by atoms with Gasteiger partial charge in [-0.15, -0.1) is 0 Å². The lowest BCUT2D eigenvalue weighted by molar-refractivity contribution is 0.601. The molecule has 0 spiro atoms. The van der Waals surface area contributed by atoms with Crippen LogP contribution in [0.1, 0.15) is 31.2 Å². The molecule has 1 aromatic carbocycles. The molecule has 2 aromatic rings. The number of unbranched alkanes of at least 4 members (excludes halogenated alkanes) is 1. The van der Waals surface area contributed by atoms with E-state index in [1.807, 2.05) is 0 Å². The zero-order valence-corrected chi connectivity index (χ0v) is 12.3. The van der Waals surface area contributed by atoms with E-state index in [1.165, 1.54) is 5.56 Å². The standard InChI is InChI=1S/C14H20N4S/c1-3-4-9-18-13(16-17-14(18)19)10-15-12-7-5-11(2)6-8-12/h5-8,15H,3-4,9-10H2,1-2H3,(H,17,19). The van der Waals surface area contributed by atoms with Crippen molar-refractivity contribution in [2.45, 2.75) is 39.8 Å². The first-order valence-electron chi connectivity index (χ1n) is 6.65. The van der Waals surface area contributed by atoms with E-state index in [2.05, 4.69) is 58.2 Å². The number of rotatable bonds is 6. The Labute approximate surface area is 118 Å². The molecule has 0 aliphatic carbocycles. The fourth-order valence-electron chi connectivity index (χ4n) is 1.88. The summed E-state index contributed by atoms with van der Waals surface area (Å²) in [7, 11) is 0. The molecule has 0 fully saturated rings. The third-order valence-electron chi connectivity index (χ3n) is 3.07. The Kier molecular flexibility index (Phi) is 4.74. The van der Waals surface area contributed by atoms with Gasteiger partial charge in [0.05, 0.1) is 6.54 Å². The minimum atomic E-state index is 0.680. The molecule has 1 heterocycles. The summed E-state index contributed by atoms with van der Waals surface area (Å²) in [5.74, 6) is 0.957. The van der Waals surface area contributed by atoms with E-state index in [0.717, 1.165) is 30.9 Å². The largest absolute Gasteiger partial charge is 0.378 e. The Bertz CT molecular complexity index is 568. The lowest BCUT2D eigenvalue weighted by atomic mass is 10.2. The maximum atomic E-state index is 5.25. The molecular formula is C14H20N4S. The number of benzene rings is 1. The monoisotopic (exact) mass is 276 g/mol. The predicted octanol–water partition coefficient (Wildman–Crippen LogP) is 3.66. The third-order valence-corrected chi connectivity index (χ3v) is 3.39. The second kappa shape index (κ2) is 6.52. The fraction of sp³-hybridized carbons (Fsp3) is 0.429.